The topological polar surface area (TPSA) is 119 Å². The zero-order valence-corrected chi connectivity index (χ0v) is 12.4. The molecule has 2 rings (SSSR count). The summed E-state index contributed by atoms with van der Waals surface area (Å²) in [6.45, 7) is 0.171. The minimum atomic E-state index is -4.06. The van der Waals surface area contributed by atoms with E-state index in [0.717, 1.165) is 15.3 Å². The maximum absolute atomic E-state index is 12.3. The molecular weight excluding hydrogens is 300 g/mol. The summed E-state index contributed by atoms with van der Waals surface area (Å²) in [4.78, 5) is 34.0. The van der Waals surface area contributed by atoms with Gasteiger partial charge in [0.2, 0.25) is 15.9 Å². The number of amides is 1. The standard InChI is InChI=1S/C11H16N4O5S/c1-14-6-8(10(17)15(2)11(14)18)21(19,20)13-7-3-4-9(16)12-5-7/h6-7,13H,3-5H2,1-2H3,(H,12,16). The second kappa shape index (κ2) is 5.45. The number of hydrogen-bond donors (Lipinski definition) is 2. The van der Waals surface area contributed by atoms with Gasteiger partial charge in [-0.3, -0.25) is 14.2 Å². The molecule has 116 valence electrons. The van der Waals surface area contributed by atoms with E-state index in [2.05, 4.69) is 10.0 Å². The van der Waals surface area contributed by atoms with Gasteiger partial charge in [-0.05, 0) is 6.42 Å². The molecule has 1 aliphatic rings. The molecule has 0 aromatic carbocycles. The summed E-state index contributed by atoms with van der Waals surface area (Å²) in [5, 5.41) is 2.55. The van der Waals surface area contributed by atoms with Gasteiger partial charge in [-0.15, -0.1) is 0 Å². The van der Waals surface area contributed by atoms with Gasteiger partial charge in [0.1, 0.15) is 0 Å². The SMILES string of the molecule is Cn1cc(S(=O)(=O)NC2CCC(=O)NC2)c(=O)n(C)c1=O. The zero-order valence-electron chi connectivity index (χ0n) is 11.6. The Balaban J connectivity index is 2.35. The highest BCUT2D eigenvalue weighted by molar-refractivity contribution is 7.89. The Morgan fingerprint density at radius 1 is 1.29 bits per heavy atom. The summed E-state index contributed by atoms with van der Waals surface area (Å²) in [5.74, 6) is -0.136. The first-order chi connectivity index (χ1) is 9.72. The van der Waals surface area contributed by atoms with Crippen molar-refractivity contribution in [1.29, 1.82) is 0 Å². The number of hydrogen-bond acceptors (Lipinski definition) is 5. The van der Waals surface area contributed by atoms with E-state index < -0.39 is 32.2 Å². The van der Waals surface area contributed by atoms with Gasteiger partial charge in [0.25, 0.3) is 5.56 Å². The van der Waals surface area contributed by atoms with Crippen LogP contribution in [0.2, 0.25) is 0 Å². The van der Waals surface area contributed by atoms with E-state index in [9.17, 15) is 22.8 Å². The molecule has 1 aromatic rings. The van der Waals surface area contributed by atoms with Crippen molar-refractivity contribution in [3.8, 4) is 0 Å². The molecule has 1 unspecified atom stereocenters. The Kier molecular flexibility index (Phi) is 4.01. The maximum Gasteiger partial charge on any atom is 0.330 e. The van der Waals surface area contributed by atoms with E-state index in [4.69, 9.17) is 0 Å². The summed E-state index contributed by atoms with van der Waals surface area (Å²) in [6.07, 6.45) is 1.57. The largest absolute Gasteiger partial charge is 0.355 e. The van der Waals surface area contributed by atoms with Gasteiger partial charge >= 0.3 is 5.69 Å². The molecule has 10 heteroatoms. The Labute approximate surface area is 120 Å². The number of nitrogens with zero attached hydrogens (tertiary/aromatic N) is 2. The van der Waals surface area contributed by atoms with E-state index in [1.807, 2.05) is 0 Å². The van der Waals surface area contributed by atoms with Crippen LogP contribution in [0.4, 0.5) is 0 Å². The first-order valence-electron chi connectivity index (χ1n) is 6.28. The molecule has 2 heterocycles. The van der Waals surface area contributed by atoms with Crippen LogP contribution in [0.25, 0.3) is 0 Å². The highest BCUT2D eigenvalue weighted by atomic mass is 32.2. The number of aromatic nitrogens is 2. The molecule has 0 aliphatic carbocycles. The van der Waals surface area contributed by atoms with Crippen molar-refractivity contribution in [3.05, 3.63) is 27.0 Å². The molecule has 21 heavy (non-hydrogen) atoms. The van der Waals surface area contributed by atoms with Crippen LogP contribution in [0, 0.1) is 0 Å². The minimum Gasteiger partial charge on any atom is -0.355 e. The van der Waals surface area contributed by atoms with E-state index >= 15 is 0 Å². The Hall–Kier alpha value is -1.94. The first kappa shape index (κ1) is 15.4. The average Bonchev–Trinajstić information content (AvgIpc) is 2.42. The lowest BCUT2D eigenvalue weighted by Crippen LogP contribution is -2.49. The quantitative estimate of drug-likeness (QED) is 0.646. The van der Waals surface area contributed by atoms with E-state index in [0.29, 0.717) is 6.42 Å². The molecule has 1 fully saturated rings. The van der Waals surface area contributed by atoms with E-state index in [1.54, 1.807) is 0 Å². The first-order valence-corrected chi connectivity index (χ1v) is 7.76. The van der Waals surface area contributed by atoms with Gasteiger partial charge in [0, 0.05) is 39.3 Å². The van der Waals surface area contributed by atoms with Gasteiger partial charge in [-0.1, -0.05) is 0 Å². The second-order valence-electron chi connectivity index (χ2n) is 4.91. The molecule has 1 saturated heterocycles. The average molecular weight is 316 g/mol. The van der Waals surface area contributed by atoms with Crippen LogP contribution < -0.4 is 21.3 Å². The normalized spacial score (nSPS) is 19.3. The molecule has 2 N–H and O–H groups in total. The van der Waals surface area contributed by atoms with Gasteiger partial charge in [0.15, 0.2) is 4.90 Å². The third-order valence-corrected chi connectivity index (χ3v) is 4.79. The molecular formula is C11H16N4O5S. The van der Waals surface area contributed by atoms with Crippen LogP contribution in [0.1, 0.15) is 12.8 Å². The molecule has 1 aliphatic heterocycles. The van der Waals surface area contributed by atoms with Crippen molar-refractivity contribution in [2.24, 2.45) is 14.1 Å². The maximum atomic E-state index is 12.3. The molecule has 1 aromatic heterocycles. The molecule has 0 bridgehead atoms. The Morgan fingerprint density at radius 2 is 1.95 bits per heavy atom. The lowest BCUT2D eigenvalue weighted by atomic mass is 10.1. The van der Waals surface area contributed by atoms with Gasteiger partial charge in [-0.25, -0.2) is 17.9 Å². The van der Waals surface area contributed by atoms with Crippen molar-refractivity contribution in [2.45, 2.75) is 23.8 Å². The second-order valence-corrected chi connectivity index (χ2v) is 6.59. The predicted molar refractivity (Wildman–Crippen MR) is 73.3 cm³/mol. The number of carbonyl (C=O) groups excluding carboxylic acids is 1. The molecule has 1 amide bonds. The molecule has 0 radical (unpaired) electrons. The van der Waals surface area contributed by atoms with Crippen molar-refractivity contribution < 1.29 is 13.2 Å². The monoisotopic (exact) mass is 316 g/mol. The van der Waals surface area contributed by atoms with Gasteiger partial charge in [0.05, 0.1) is 0 Å². The number of rotatable bonds is 3. The summed E-state index contributed by atoms with van der Waals surface area (Å²) in [5.41, 5.74) is -1.49. The third kappa shape index (κ3) is 3.05. The molecule has 1 atom stereocenters. The number of piperidine rings is 1. The fourth-order valence-corrected chi connectivity index (χ4v) is 3.51. The fraction of sp³-hybridized carbons (Fsp3) is 0.545. The molecule has 0 saturated carbocycles. The van der Waals surface area contributed by atoms with Crippen molar-refractivity contribution in [1.82, 2.24) is 19.2 Å². The van der Waals surface area contributed by atoms with Gasteiger partial charge < -0.3 is 9.88 Å². The van der Waals surface area contributed by atoms with Gasteiger partial charge in [-0.2, -0.15) is 0 Å². The third-order valence-electron chi connectivity index (χ3n) is 3.29. The van der Waals surface area contributed by atoms with Crippen LogP contribution in [0.3, 0.4) is 0 Å². The number of carbonyl (C=O) groups is 1. The lowest BCUT2D eigenvalue weighted by molar-refractivity contribution is -0.122. The van der Waals surface area contributed by atoms with Crippen LogP contribution >= 0.6 is 0 Å². The summed E-state index contributed by atoms with van der Waals surface area (Å²) < 4.78 is 28.7. The lowest BCUT2D eigenvalue weighted by Gasteiger charge is -2.23. The van der Waals surface area contributed by atoms with Crippen LogP contribution in [-0.2, 0) is 28.9 Å². The van der Waals surface area contributed by atoms with E-state index in [-0.39, 0.29) is 18.9 Å². The van der Waals surface area contributed by atoms with Crippen LogP contribution in [0.5, 0.6) is 0 Å². The Bertz CT molecular complexity index is 782. The number of aryl methyl sites for hydroxylation is 1. The van der Waals surface area contributed by atoms with Crippen molar-refractivity contribution >= 4 is 15.9 Å². The highest BCUT2D eigenvalue weighted by Gasteiger charge is 2.27. The fourth-order valence-electron chi connectivity index (χ4n) is 2.08. The highest BCUT2D eigenvalue weighted by Crippen LogP contribution is 2.07. The van der Waals surface area contributed by atoms with Crippen molar-refractivity contribution in [3.63, 3.8) is 0 Å². The zero-order chi connectivity index (χ0) is 15.8. The number of sulfonamides is 1. The predicted octanol–water partition coefficient (Wildman–Crippen LogP) is -2.36. The minimum absolute atomic E-state index is 0.136. The molecule has 0 spiro atoms. The summed E-state index contributed by atoms with van der Waals surface area (Å²) >= 11 is 0. The van der Waals surface area contributed by atoms with E-state index in [1.165, 1.54) is 14.1 Å². The summed E-state index contributed by atoms with van der Waals surface area (Å²) in [7, 11) is -1.49. The smallest absolute Gasteiger partial charge is 0.330 e. The molecule has 9 nitrogen and oxygen atoms in total. The summed E-state index contributed by atoms with van der Waals surface area (Å²) in [6, 6.07) is -0.477. The van der Waals surface area contributed by atoms with Crippen LogP contribution in [0.15, 0.2) is 20.7 Å². The van der Waals surface area contributed by atoms with Crippen LogP contribution in [-0.4, -0.2) is 36.0 Å². The number of nitrogens with one attached hydrogen (secondary N) is 2. The van der Waals surface area contributed by atoms with Crippen molar-refractivity contribution in [2.75, 3.05) is 6.54 Å². The Morgan fingerprint density at radius 3 is 2.52 bits per heavy atom.